The molecule has 0 aromatic heterocycles. The summed E-state index contributed by atoms with van der Waals surface area (Å²) in [6, 6.07) is 8.97. The number of nitrogens with zero attached hydrogens (tertiary/aromatic N) is 1. The van der Waals surface area contributed by atoms with Crippen LogP contribution in [0.4, 0.5) is 18.9 Å². The van der Waals surface area contributed by atoms with Crippen LogP contribution in [0.2, 0.25) is 5.02 Å². The third kappa shape index (κ3) is 7.72. The van der Waals surface area contributed by atoms with Crippen LogP contribution in [0, 0.1) is 11.3 Å². The highest BCUT2D eigenvalue weighted by Crippen LogP contribution is 2.37. The molecule has 5 nitrogen and oxygen atoms in total. The van der Waals surface area contributed by atoms with Gasteiger partial charge in [-0.05, 0) is 48.4 Å². The third-order valence-electron chi connectivity index (χ3n) is 4.62. The average molecular weight is 481 g/mol. The van der Waals surface area contributed by atoms with E-state index in [2.05, 4.69) is 12.2 Å². The number of nitrogens with one attached hydrogen (secondary N) is 1. The zero-order chi connectivity index (χ0) is 24.4. The number of anilines is 1. The van der Waals surface area contributed by atoms with Gasteiger partial charge in [0.05, 0.1) is 24.3 Å². The molecule has 0 saturated heterocycles. The van der Waals surface area contributed by atoms with Crippen molar-refractivity contribution >= 4 is 29.3 Å². The zero-order valence-electron chi connectivity index (χ0n) is 18.3. The lowest BCUT2D eigenvalue weighted by Crippen LogP contribution is -2.14. The standard InChI is InChI=1S/C24H24ClF3N2O3/c1-3-4-5-6-10-33-22-20(25)12-16(13-21(22)32-2)11-17(15-29)23(31)30-19-9-7-8-18(14-19)24(26,27)28/h7-9,11-14H,3-6,10H2,1-2H3,(H,30,31). The summed E-state index contributed by atoms with van der Waals surface area (Å²) in [6.07, 6.45) is 0.822. The van der Waals surface area contributed by atoms with E-state index < -0.39 is 17.6 Å². The Hall–Kier alpha value is -3.18. The number of halogens is 4. The van der Waals surface area contributed by atoms with Crippen LogP contribution >= 0.6 is 11.6 Å². The van der Waals surface area contributed by atoms with E-state index in [4.69, 9.17) is 21.1 Å². The van der Waals surface area contributed by atoms with E-state index in [0.29, 0.717) is 23.7 Å². The lowest BCUT2D eigenvalue weighted by Gasteiger charge is -2.13. The van der Waals surface area contributed by atoms with Crippen LogP contribution in [-0.4, -0.2) is 19.6 Å². The summed E-state index contributed by atoms with van der Waals surface area (Å²) in [6.45, 7) is 2.58. The molecule has 33 heavy (non-hydrogen) atoms. The lowest BCUT2D eigenvalue weighted by atomic mass is 10.1. The minimum atomic E-state index is -4.55. The molecule has 0 heterocycles. The van der Waals surface area contributed by atoms with E-state index >= 15 is 0 Å². The molecule has 1 N–H and O–H groups in total. The minimum absolute atomic E-state index is 0.0848. The molecule has 0 aliphatic carbocycles. The van der Waals surface area contributed by atoms with Gasteiger partial charge in [0.25, 0.3) is 5.91 Å². The quantitative estimate of drug-likeness (QED) is 0.229. The summed E-state index contributed by atoms with van der Waals surface area (Å²) < 4.78 is 49.7. The van der Waals surface area contributed by atoms with Gasteiger partial charge in [0.15, 0.2) is 11.5 Å². The van der Waals surface area contributed by atoms with Gasteiger partial charge in [0, 0.05) is 5.69 Å². The number of hydrogen-bond donors (Lipinski definition) is 1. The molecule has 0 saturated carbocycles. The van der Waals surface area contributed by atoms with Crippen molar-refractivity contribution in [3.63, 3.8) is 0 Å². The molecule has 9 heteroatoms. The molecular weight excluding hydrogens is 457 g/mol. The number of hydrogen-bond acceptors (Lipinski definition) is 4. The summed E-state index contributed by atoms with van der Waals surface area (Å²) in [5.41, 5.74) is -0.923. The SMILES string of the molecule is CCCCCCOc1c(Cl)cc(C=C(C#N)C(=O)Nc2cccc(C(F)(F)F)c2)cc1OC. The van der Waals surface area contributed by atoms with Crippen LogP contribution in [0.1, 0.15) is 43.7 Å². The van der Waals surface area contributed by atoms with Gasteiger partial charge in [0.2, 0.25) is 0 Å². The van der Waals surface area contributed by atoms with Crippen LogP contribution in [0.3, 0.4) is 0 Å². The predicted molar refractivity (Wildman–Crippen MR) is 121 cm³/mol. The molecule has 0 radical (unpaired) electrons. The van der Waals surface area contributed by atoms with Gasteiger partial charge in [-0.3, -0.25) is 4.79 Å². The first kappa shape index (κ1) is 26.1. The van der Waals surface area contributed by atoms with Gasteiger partial charge in [-0.15, -0.1) is 0 Å². The van der Waals surface area contributed by atoms with Gasteiger partial charge in [-0.2, -0.15) is 18.4 Å². The Morgan fingerprint density at radius 1 is 1.21 bits per heavy atom. The Bertz CT molecular complexity index is 1050. The average Bonchev–Trinajstić information content (AvgIpc) is 2.77. The van der Waals surface area contributed by atoms with Crippen molar-refractivity contribution in [3.05, 3.63) is 58.1 Å². The first-order valence-electron chi connectivity index (χ1n) is 10.3. The maximum Gasteiger partial charge on any atom is 0.416 e. The van der Waals surface area contributed by atoms with Crippen molar-refractivity contribution in [1.82, 2.24) is 0 Å². The molecule has 0 aliphatic heterocycles. The van der Waals surface area contributed by atoms with Crippen molar-refractivity contribution in [2.24, 2.45) is 0 Å². The molecule has 0 fully saturated rings. The normalized spacial score (nSPS) is 11.6. The number of ether oxygens (including phenoxy) is 2. The van der Waals surface area contributed by atoms with Crippen molar-refractivity contribution in [2.75, 3.05) is 19.0 Å². The Labute approximate surface area is 195 Å². The first-order valence-corrected chi connectivity index (χ1v) is 10.7. The number of methoxy groups -OCH3 is 1. The lowest BCUT2D eigenvalue weighted by molar-refractivity contribution is -0.137. The second-order valence-corrected chi connectivity index (χ2v) is 7.55. The Morgan fingerprint density at radius 2 is 1.97 bits per heavy atom. The number of rotatable bonds is 10. The Balaban J connectivity index is 2.20. The fraction of sp³-hybridized carbons (Fsp3) is 0.333. The molecule has 2 aromatic rings. The van der Waals surface area contributed by atoms with E-state index in [1.807, 2.05) is 0 Å². The molecule has 0 atom stereocenters. The van der Waals surface area contributed by atoms with Crippen LogP contribution < -0.4 is 14.8 Å². The summed E-state index contributed by atoms with van der Waals surface area (Å²) in [5.74, 6) is -0.164. The van der Waals surface area contributed by atoms with Crippen molar-refractivity contribution < 1.29 is 27.4 Å². The zero-order valence-corrected chi connectivity index (χ0v) is 19.0. The van der Waals surface area contributed by atoms with E-state index in [-0.39, 0.29) is 16.3 Å². The summed E-state index contributed by atoms with van der Waals surface area (Å²) in [7, 11) is 1.44. The van der Waals surface area contributed by atoms with Gasteiger partial charge in [0.1, 0.15) is 11.6 Å². The topological polar surface area (TPSA) is 71.3 Å². The summed E-state index contributed by atoms with van der Waals surface area (Å²) >= 11 is 6.33. The molecule has 2 rings (SSSR count). The number of amides is 1. The van der Waals surface area contributed by atoms with Crippen molar-refractivity contribution in [3.8, 4) is 17.6 Å². The maximum absolute atomic E-state index is 12.9. The monoisotopic (exact) mass is 480 g/mol. The number of carbonyl (C=O) groups excluding carboxylic acids is 1. The molecule has 0 spiro atoms. The fourth-order valence-corrected chi connectivity index (χ4v) is 3.23. The highest BCUT2D eigenvalue weighted by atomic mass is 35.5. The van der Waals surface area contributed by atoms with Crippen LogP contribution in [0.15, 0.2) is 42.0 Å². The van der Waals surface area contributed by atoms with E-state index in [0.717, 1.165) is 37.8 Å². The molecule has 0 bridgehead atoms. The van der Waals surface area contributed by atoms with Crippen molar-refractivity contribution in [1.29, 1.82) is 5.26 Å². The van der Waals surface area contributed by atoms with E-state index in [1.54, 1.807) is 12.1 Å². The highest BCUT2D eigenvalue weighted by molar-refractivity contribution is 6.32. The highest BCUT2D eigenvalue weighted by Gasteiger charge is 2.30. The van der Waals surface area contributed by atoms with Crippen LogP contribution in [0.5, 0.6) is 11.5 Å². The minimum Gasteiger partial charge on any atom is -0.493 e. The van der Waals surface area contributed by atoms with E-state index in [1.165, 1.54) is 31.4 Å². The summed E-state index contributed by atoms with van der Waals surface area (Å²) in [4.78, 5) is 12.5. The number of alkyl halides is 3. The van der Waals surface area contributed by atoms with Gasteiger partial charge in [-0.25, -0.2) is 0 Å². The molecule has 0 unspecified atom stereocenters. The number of carbonyl (C=O) groups is 1. The third-order valence-corrected chi connectivity index (χ3v) is 4.90. The molecule has 0 aliphatic rings. The van der Waals surface area contributed by atoms with Gasteiger partial charge >= 0.3 is 6.18 Å². The molecule has 1 amide bonds. The van der Waals surface area contributed by atoms with E-state index in [9.17, 15) is 23.2 Å². The number of nitriles is 1. The molecule has 176 valence electrons. The molecule has 2 aromatic carbocycles. The first-order chi connectivity index (χ1) is 15.7. The maximum atomic E-state index is 12.9. The van der Waals surface area contributed by atoms with Gasteiger partial charge in [-0.1, -0.05) is 43.9 Å². The van der Waals surface area contributed by atoms with Crippen LogP contribution in [-0.2, 0) is 11.0 Å². The molecular formula is C24H24ClF3N2O3. The Kier molecular flexibility index (Phi) is 9.61. The van der Waals surface area contributed by atoms with Gasteiger partial charge < -0.3 is 14.8 Å². The van der Waals surface area contributed by atoms with Crippen LogP contribution in [0.25, 0.3) is 6.08 Å². The fourth-order valence-electron chi connectivity index (χ4n) is 2.95. The van der Waals surface area contributed by atoms with Crippen molar-refractivity contribution in [2.45, 2.75) is 38.8 Å². The summed E-state index contributed by atoms with van der Waals surface area (Å²) in [5, 5.41) is 12.0. The second-order valence-electron chi connectivity index (χ2n) is 7.15. The Morgan fingerprint density at radius 3 is 2.61 bits per heavy atom. The largest absolute Gasteiger partial charge is 0.493 e. The smallest absolute Gasteiger partial charge is 0.416 e. The number of benzene rings is 2. The second kappa shape index (κ2) is 12.2. The predicted octanol–water partition coefficient (Wildman–Crippen LogP) is 6.87. The number of unbranched alkanes of at least 4 members (excludes halogenated alkanes) is 3.